The molecule has 126 valence electrons. The highest BCUT2D eigenvalue weighted by molar-refractivity contribution is 7.74. The second kappa shape index (κ2) is 8.18. The van der Waals surface area contributed by atoms with Crippen LogP contribution in [0.3, 0.4) is 0 Å². The molecule has 0 saturated carbocycles. The first-order valence-electron chi connectivity index (χ1n) is 7.40. The Hall–Kier alpha value is -3.03. The smallest absolute Gasteiger partial charge is 0.141 e. The second-order valence-electron chi connectivity index (χ2n) is 5.02. The van der Waals surface area contributed by atoms with Gasteiger partial charge in [0.1, 0.15) is 17.1 Å². The monoisotopic (exact) mass is 352 g/mol. The summed E-state index contributed by atoms with van der Waals surface area (Å²) in [5.74, 6) is 0.187. The molecule has 0 radical (unpaired) electrons. The van der Waals surface area contributed by atoms with E-state index in [9.17, 15) is 8.76 Å². The van der Waals surface area contributed by atoms with Crippen molar-refractivity contribution < 1.29 is 12.9 Å². The molecule has 25 heavy (non-hydrogen) atoms. The van der Waals surface area contributed by atoms with Gasteiger partial charge in [-0.25, -0.2) is 4.21 Å². The molecule has 3 rings (SSSR count). The van der Waals surface area contributed by atoms with Crippen LogP contribution in [0.4, 0.5) is 22.7 Å². The lowest BCUT2D eigenvalue weighted by molar-refractivity contribution is 0.440. The largest absolute Gasteiger partial charge is 0.740 e. The highest BCUT2D eigenvalue weighted by Gasteiger charge is 1.98. The van der Waals surface area contributed by atoms with Gasteiger partial charge in [0.2, 0.25) is 0 Å². The van der Waals surface area contributed by atoms with Gasteiger partial charge in [-0.1, -0.05) is 24.3 Å². The van der Waals surface area contributed by atoms with E-state index >= 15 is 0 Å². The number of nitrogens with zero attached hydrogens (tertiary/aromatic N) is 2. The van der Waals surface area contributed by atoms with Crippen LogP contribution in [-0.2, 0) is 11.4 Å². The molecular weight excluding hydrogens is 338 g/mol. The van der Waals surface area contributed by atoms with E-state index in [1.165, 1.54) is 12.1 Å². The van der Waals surface area contributed by atoms with Crippen LogP contribution in [0.25, 0.3) is 0 Å². The number of hydrogen-bond acceptors (Lipinski definition) is 6. The molecule has 0 aliphatic carbocycles. The van der Waals surface area contributed by atoms with E-state index in [0.29, 0.717) is 11.4 Å². The Morgan fingerprint density at radius 1 is 0.800 bits per heavy atom. The molecule has 0 spiro atoms. The first-order valence-corrected chi connectivity index (χ1v) is 8.40. The van der Waals surface area contributed by atoms with E-state index in [1.54, 1.807) is 12.1 Å². The van der Waals surface area contributed by atoms with Crippen LogP contribution in [0.15, 0.2) is 89.1 Å². The summed E-state index contributed by atoms with van der Waals surface area (Å²) < 4.78 is 25.7. The standard InChI is InChI=1S/C18H15N3O3S/c22-25(23)24-18-8-4-7-17(13-18)21-20-16-11-9-15(10-12-16)19-14-5-2-1-3-6-14/h1-13,19H,(H,22,23)/p-1. The summed E-state index contributed by atoms with van der Waals surface area (Å²) in [6, 6.07) is 23.7. The fourth-order valence-electron chi connectivity index (χ4n) is 2.09. The van der Waals surface area contributed by atoms with Crippen molar-refractivity contribution in [3.63, 3.8) is 0 Å². The van der Waals surface area contributed by atoms with Crippen LogP contribution in [0.1, 0.15) is 0 Å². The molecule has 1 unspecified atom stereocenters. The van der Waals surface area contributed by atoms with E-state index in [-0.39, 0.29) is 5.75 Å². The van der Waals surface area contributed by atoms with Gasteiger partial charge in [0.05, 0.1) is 11.4 Å². The summed E-state index contributed by atoms with van der Waals surface area (Å²) >= 11 is -2.61. The minimum absolute atomic E-state index is 0.187. The zero-order valence-corrected chi connectivity index (χ0v) is 13.8. The summed E-state index contributed by atoms with van der Waals surface area (Å²) in [4.78, 5) is 0. The average Bonchev–Trinajstić information content (AvgIpc) is 2.62. The fraction of sp³-hybridized carbons (Fsp3) is 0. The average molecular weight is 352 g/mol. The van der Waals surface area contributed by atoms with Gasteiger partial charge in [-0.2, -0.15) is 10.2 Å². The molecule has 6 nitrogen and oxygen atoms in total. The van der Waals surface area contributed by atoms with Gasteiger partial charge in [-0.3, -0.25) is 0 Å². The van der Waals surface area contributed by atoms with Crippen molar-refractivity contribution in [2.75, 3.05) is 5.32 Å². The zero-order chi connectivity index (χ0) is 17.5. The van der Waals surface area contributed by atoms with Crippen molar-refractivity contribution >= 4 is 34.1 Å². The van der Waals surface area contributed by atoms with Crippen LogP contribution in [0, 0.1) is 0 Å². The minimum atomic E-state index is -2.61. The topological polar surface area (TPSA) is 86.1 Å². The quantitative estimate of drug-likeness (QED) is 0.498. The Bertz CT molecular complexity index is 884. The summed E-state index contributed by atoms with van der Waals surface area (Å²) in [5.41, 5.74) is 3.12. The van der Waals surface area contributed by atoms with Gasteiger partial charge in [-0.15, -0.1) is 0 Å². The Labute approximate surface area is 147 Å². The minimum Gasteiger partial charge on any atom is -0.740 e. The summed E-state index contributed by atoms with van der Waals surface area (Å²) in [5, 5.41) is 11.5. The lowest BCUT2D eigenvalue weighted by atomic mass is 10.2. The molecule has 1 atom stereocenters. The molecule has 0 heterocycles. The van der Waals surface area contributed by atoms with Crippen molar-refractivity contribution in [3.8, 4) is 5.75 Å². The van der Waals surface area contributed by atoms with Crippen molar-refractivity contribution in [3.05, 3.63) is 78.9 Å². The second-order valence-corrected chi connectivity index (χ2v) is 5.60. The predicted molar refractivity (Wildman–Crippen MR) is 96.3 cm³/mol. The Kier molecular flexibility index (Phi) is 5.50. The van der Waals surface area contributed by atoms with Crippen molar-refractivity contribution in [1.82, 2.24) is 0 Å². The van der Waals surface area contributed by atoms with Gasteiger partial charge in [-0.05, 0) is 48.5 Å². The number of para-hydroxylation sites is 1. The SMILES string of the molecule is O=S([O-])Oc1cccc(N=Nc2ccc(Nc3ccccc3)cc2)c1. The van der Waals surface area contributed by atoms with Gasteiger partial charge in [0.25, 0.3) is 0 Å². The molecule has 1 N–H and O–H groups in total. The number of anilines is 2. The summed E-state index contributed by atoms with van der Waals surface area (Å²) in [6.45, 7) is 0. The Balaban J connectivity index is 1.67. The van der Waals surface area contributed by atoms with Crippen LogP contribution < -0.4 is 9.50 Å². The van der Waals surface area contributed by atoms with E-state index < -0.39 is 11.4 Å². The third kappa shape index (κ3) is 5.23. The number of rotatable bonds is 6. The van der Waals surface area contributed by atoms with Gasteiger partial charge in [0.15, 0.2) is 0 Å². The normalized spacial score (nSPS) is 12.0. The Morgan fingerprint density at radius 2 is 1.48 bits per heavy atom. The molecule has 3 aromatic carbocycles. The maximum Gasteiger partial charge on any atom is 0.141 e. The first-order chi connectivity index (χ1) is 12.2. The molecule has 0 aliphatic rings. The van der Waals surface area contributed by atoms with Crippen LogP contribution in [-0.4, -0.2) is 8.76 Å². The molecule has 0 aliphatic heterocycles. The molecule has 0 saturated heterocycles. The van der Waals surface area contributed by atoms with Crippen molar-refractivity contribution in [2.45, 2.75) is 0 Å². The number of azo groups is 1. The molecule has 0 fully saturated rings. The highest BCUT2D eigenvalue weighted by atomic mass is 32.2. The van der Waals surface area contributed by atoms with E-state index in [1.807, 2.05) is 54.6 Å². The van der Waals surface area contributed by atoms with E-state index in [0.717, 1.165) is 11.4 Å². The number of benzene rings is 3. The van der Waals surface area contributed by atoms with Crippen LogP contribution in [0.2, 0.25) is 0 Å². The third-order valence-corrected chi connectivity index (χ3v) is 3.52. The van der Waals surface area contributed by atoms with Crippen molar-refractivity contribution in [1.29, 1.82) is 0 Å². The van der Waals surface area contributed by atoms with Gasteiger partial charge < -0.3 is 14.1 Å². The molecule has 0 aromatic heterocycles. The molecule has 0 amide bonds. The molecule has 0 bridgehead atoms. The Morgan fingerprint density at radius 3 is 2.20 bits per heavy atom. The highest BCUT2D eigenvalue weighted by Crippen LogP contribution is 2.24. The van der Waals surface area contributed by atoms with Crippen LogP contribution >= 0.6 is 0 Å². The molecule has 3 aromatic rings. The molecule has 7 heteroatoms. The van der Waals surface area contributed by atoms with Gasteiger partial charge >= 0.3 is 0 Å². The predicted octanol–water partition coefficient (Wildman–Crippen LogP) is 5.02. The summed E-state index contributed by atoms with van der Waals surface area (Å²) in [7, 11) is 0. The van der Waals surface area contributed by atoms with Crippen LogP contribution in [0.5, 0.6) is 5.75 Å². The number of hydrogen-bond donors (Lipinski definition) is 1. The van der Waals surface area contributed by atoms with Gasteiger partial charge in [0, 0.05) is 17.4 Å². The maximum atomic E-state index is 10.5. The lowest BCUT2D eigenvalue weighted by Crippen LogP contribution is -1.97. The third-order valence-electron chi connectivity index (χ3n) is 3.19. The lowest BCUT2D eigenvalue weighted by Gasteiger charge is -2.06. The van der Waals surface area contributed by atoms with E-state index in [4.69, 9.17) is 0 Å². The summed E-state index contributed by atoms with van der Waals surface area (Å²) in [6.07, 6.45) is 0. The fourth-order valence-corrected chi connectivity index (χ4v) is 2.35. The first kappa shape index (κ1) is 16.8. The maximum absolute atomic E-state index is 10.5. The molecular formula is C18H14N3O3S-. The van der Waals surface area contributed by atoms with E-state index in [2.05, 4.69) is 19.7 Å². The van der Waals surface area contributed by atoms with Crippen molar-refractivity contribution in [2.24, 2.45) is 10.2 Å². The number of nitrogens with one attached hydrogen (secondary N) is 1. The zero-order valence-electron chi connectivity index (χ0n) is 13.0.